The number of ether oxygens (including phenoxy) is 1. The number of nitrogens with zero attached hydrogens (tertiary/aromatic N) is 3. The zero-order chi connectivity index (χ0) is 15.0. The summed E-state index contributed by atoms with van der Waals surface area (Å²) in [5, 5.41) is 4.54. The van der Waals surface area contributed by atoms with Crippen LogP contribution in [0.3, 0.4) is 0 Å². The Labute approximate surface area is 127 Å². The summed E-state index contributed by atoms with van der Waals surface area (Å²) in [6, 6.07) is 6.03. The number of nitrogens with two attached hydrogens (primary N) is 1. The highest BCUT2D eigenvalue weighted by atomic mass is 32.1. The molecule has 0 unspecified atom stereocenters. The predicted molar refractivity (Wildman–Crippen MR) is 85.5 cm³/mol. The first-order valence-corrected chi connectivity index (χ1v) is 7.36. The summed E-state index contributed by atoms with van der Waals surface area (Å²) >= 11 is 1.54. The van der Waals surface area contributed by atoms with Crippen molar-refractivity contribution in [1.82, 2.24) is 14.8 Å². The number of aryl methyl sites for hydroxylation is 2. The Balaban J connectivity index is 2.30. The molecule has 0 spiro atoms. The van der Waals surface area contributed by atoms with Crippen LogP contribution in [-0.2, 0) is 7.05 Å². The van der Waals surface area contributed by atoms with Crippen molar-refractivity contribution in [2.45, 2.75) is 6.92 Å². The third-order valence-electron chi connectivity index (χ3n) is 3.38. The third kappa shape index (κ3) is 2.27. The molecule has 3 rings (SSSR count). The van der Waals surface area contributed by atoms with Gasteiger partial charge >= 0.3 is 0 Å². The van der Waals surface area contributed by atoms with E-state index < -0.39 is 0 Å². The molecule has 2 aromatic heterocycles. The number of benzene rings is 1. The Morgan fingerprint density at radius 2 is 2.14 bits per heavy atom. The lowest BCUT2D eigenvalue weighted by molar-refractivity contribution is 0.416. The van der Waals surface area contributed by atoms with Crippen LogP contribution in [0.1, 0.15) is 5.56 Å². The quantitative estimate of drug-likeness (QED) is 0.807. The molecular weight excluding hydrogens is 284 g/mol. The number of hydrogen-bond donors (Lipinski definition) is 1. The second-order valence-corrected chi connectivity index (χ2v) is 5.69. The van der Waals surface area contributed by atoms with Crippen LogP contribution in [0.15, 0.2) is 29.9 Å². The standard InChI is InChI=1S/C15H16N4OS/c1-9-4-5-11(20-3)10(6-9)13-14(12-7-17-8-21-12)18-19(2)15(13)16/h4-8H,16H2,1-3H3. The topological polar surface area (TPSA) is 66.0 Å². The summed E-state index contributed by atoms with van der Waals surface area (Å²) in [6.45, 7) is 2.04. The monoisotopic (exact) mass is 300 g/mol. The first kappa shape index (κ1) is 13.6. The SMILES string of the molecule is COc1ccc(C)cc1-c1c(-c2cncs2)nn(C)c1N. The predicted octanol–water partition coefficient (Wildman–Crippen LogP) is 3.11. The summed E-state index contributed by atoms with van der Waals surface area (Å²) in [4.78, 5) is 5.12. The number of thiazole rings is 1. The van der Waals surface area contributed by atoms with E-state index in [-0.39, 0.29) is 0 Å². The Kier molecular flexibility index (Phi) is 3.39. The highest BCUT2D eigenvalue weighted by molar-refractivity contribution is 7.13. The molecule has 5 nitrogen and oxygen atoms in total. The maximum Gasteiger partial charge on any atom is 0.130 e. The van der Waals surface area contributed by atoms with Gasteiger partial charge < -0.3 is 10.5 Å². The van der Waals surface area contributed by atoms with Gasteiger partial charge in [-0.05, 0) is 19.1 Å². The van der Waals surface area contributed by atoms with Crippen LogP contribution in [0.25, 0.3) is 21.7 Å². The lowest BCUT2D eigenvalue weighted by Gasteiger charge is -2.10. The van der Waals surface area contributed by atoms with Crippen LogP contribution in [-0.4, -0.2) is 21.9 Å². The Morgan fingerprint density at radius 1 is 1.33 bits per heavy atom. The Morgan fingerprint density at radius 3 is 2.81 bits per heavy atom. The van der Waals surface area contributed by atoms with E-state index in [0.717, 1.165) is 33.0 Å². The Hall–Kier alpha value is -2.34. The van der Waals surface area contributed by atoms with Crippen molar-refractivity contribution in [3.05, 3.63) is 35.5 Å². The minimum absolute atomic E-state index is 0.613. The smallest absolute Gasteiger partial charge is 0.130 e. The molecule has 0 saturated carbocycles. The van der Waals surface area contributed by atoms with Crippen LogP contribution < -0.4 is 10.5 Å². The van der Waals surface area contributed by atoms with Gasteiger partial charge in [-0.15, -0.1) is 11.3 Å². The van der Waals surface area contributed by atoms with E-state index in [1.165, 1.54) is 0 Å². The second-order valence-electron chi connectivity index (χ2n) is 4.80. The largest absolute Gasteiger partial charge is 0.496 e. The molecule has 0 amide bonds. The number of nitrogen functional groups attached to an aromatic ring is 1. The lowest BCUT2D eigenvalue weighted by atomic mass is 10.0. The molecule has 0 aliphatic carbocycles. The highest BCUT2D eigenvalue weighted by Gasteiger charge is 2.21. The van der Waals surface area contributed by atoms with Crippen molar-refractivity contribution in [2.75, 3.05) is 12.8 Å². The van der Waals surface area contributed by atoms with Crippen molar-refractivity contribution in [2.24, 2.45) is 7.05 Å². The third-order valence-corrected chi connectivity index (χ3v) is 4.16. The number of anilines is 1. The first-order valence-electron chi connectivity index (χ1n) is 6.48. The normalized spacial score (nSPS) is 10.8. The molecular formula is C15H16N4OS. The van der Waals surface area contributed by atoms with Crippen molar-refractivity contribution in [3.63, 3.8) is 0 Å². The molecule has 2 N–H and O–H groups in total. The van der Waals surface area contributed by atoms with Crippen molar-refractivity contribution < 1.29 is 4.74 Å². The van der Waals surface area contributed by atoms with E-state index in [9.17, 15) is 0 Å². The number of methoxy groups -OCH3 is 1. The van der Waals surface area contributed by atoms with Crippen molar-refractivity contribution >= 4 is 17.2 Å². The maximum atomic E-state index is 6.24. The van der Waals surface area contributed by atoms with Crippen LogP contribution in [0.2, 0.25) is 0 Å². The number of hydrogen-bond acceptors (Lipinski definition) is 5. The summed E-state index contributed by atoms with van der Waals surface area (Å²) < 4.78 is 7.17. The molecule has 6 heteroatoms. The fraction of sp³-hybridized carbons (Fsp3) is 0.200. The summed E-state index contributed by atoms with van der Waals surface area (Å²) in [5.74, 6) is 1.40. The van der Waals surface area contributed by atoms with E-state index in [1.54, 1.807) is 34.8 Å². The van der Waals surface area contributed by atoms with E-state index in [0.29, 0.717) is 5.82 Å². The average molecular weight is 300 g/mol. The molecule has 1 aromatic carbocycles. The molecule has 0 radical (unpaired) electrons. The molecule has 2 heterocycles. The van der Waals surface area contributed by atoms with Gasteiger partial charge in [0, 0.05) is 18.8 Å². The second kappa shape index (κ2) is 5.21. The fourth-order valence-corrected chi connectivity index (χ4v) is 2.94. The van der Waals surface area contributed by atoms with Gasteiger partial charge in [0.15, 0.2) is 0 Å². The Bertz CT molecular complexity index is 777. The van der Waals surface area contributed by atoms with Gasteiger partial charge in [-0.3, -0.25) is 9.67 Å². The van der Waals surface area contributed by atoms with E-state index >= 15 is 0 Å². The molecule has 0 aliphatic heterocycles. The fourth-order valence-electron chi connectivity index (χ4n) is 2.32. The minimum Gasteiger partial charge on any atom is -0.496 e. The van der Waals surface area contributed by atoms with Gasteiger partial charge in [0.25, 0.3) is 0 Å². The highest BCUT2D eigenvalue weighted by Crippen LogP contribution is 2.41. The summed E-state index contributed by atoms with van der Waals surface area (Å²) in [5.41, 5.74) is 11.9. The van der Waals surface area contributed by atoms with Crippen LogP contribution in [0, 0.1) is 6.92 Å². The molecule has 0 saturated heterocycles. The lowest BCUT2D eigenvalue weighted by Crippen LogP contribution is -1.98. The summed E-state index contributed by atoms with van der Waals surface area (Å²) in [7, 11) is 3.50. The van der Waals surface area contributed by atoms with Crippen LogP contribution in [0.5, 0.6) is 5.75 Å². The number of rotatable bonds is 3. The van der Waals surface area contributed by atoms with E-state index in [2.05, 4.69) is 16.1 Å². The molecule has 0 atom stereocenters. The van der Waals surface area contributed by atoms with Gasteiger partial charge in [0.2, 0.25) is 0 Å². The molecule has 21 heavy (non-hydrogen) atoms. The van der Waals surface area contributed by atoms with E-state index in [1.807, 2.05) is 26.1 Å². The van der Waals surface area contributed by atoms with Gasteiger partial charge in [-0.2, -0.15) is 5.10 Å². The van der Waals surface area contributed by atoms with Crippen LogP contribution >= 0.6 is 11.3 Å². The zero-order valence-corrected chi connectivity index (χ0v) is 12.9. The van der Waals surface area contributed by atoms with Gasteiger partial charge in [0.05, 0.1) is 23.1 Å². The molecule has 108 valence electrons. The molecule has 0 fully saturated rings. The molecule has 0 aliphatic rings. The first-order chi connectivity index (χ1) is 10.1. The number of aromatic nitrogens is 3. The van der Waals surface area contributed by atoms with Gasteiger partial charge in [-0.1, -0.05) is 11.6 Å². The van der Waals surface area contributed by atoms with E-state index in [4.69, 9.17) is 10.5 Å². The zero-order valence-electron chi connectivity index (χ0n) is 12.1. The minimum atomic E-state index is 0.613. The van der Waals surface area contributed by atoms with Crippen molar-refractivity contribution in [3.8, 4) is 27.4 Å². The van der Waals surface area contributed by atoms with Crippen LogP contribution in [0.4, 0.5) is 5.82 Å². The van der Waals surface area contributed by atoms with Gasteiger partial charge in [0.1, 0.15) is 17.3 Å². The summed E-state index contributed by atoms with van der Waals surface area (Å²) in [6.07, 6.45) is 1.80. The molecule has 0 bridgehead atoms. The average Bonchev–Trinajstić information content (AvgIpc) is 3.08. The maximum absolute atomic E-state index is 6.24. The van der Waals surface area contributed by atoms with Crippen molar-refractivity contribution in [1.29, 1.82) is 0 Å². The molecule has 3 aromatic rings. The van der Waals surface area contributed by atoms with Gasteiger partial charge in [-0.25, -0.2) is 0 Å².